The molecule has 0 fully saturated rings. The zero-order valence-corrected chi connectivity index (χ0v) is 16.7. The van der Waals surface area contributed by atoms with E-state index in [0.29, 0.717) is 5.78 Å². The maximum absolute atomic E-state index is 11.8. The van der Waals surface area contributed by atoms with Crippen LogP contribution in [0.1, 0.15) is 27.9 Å². The van der Waals surface area contributed by atoms with E-state index in [-0.39, 0.29) is 5.69 Å². The summed E-state index contributed by atoms with van der Waals surface area (Å²) < 4.78 is 1.44. The Bertz CT molecular complexity index is 1300. The lowest BCUT2D eigenvalue weighted by Crippen LogP contribution is -2.32. The van der Waals surface area contributed by atoms with Gasteiger partial charge in [-0.3, -0.25) is 4.98 Å². The molecule has 0 bridgehead atoms. The monoisotopic (exact) mass is 386 g/mol. The molecule has 5 rings (SSSR count). The van der Waals surface area contributed by atoms with Crippen LogP contribution in [0.25, 0.3) is 16.9 Å². The Labute approximate surface area is 168 Å². The van der Waals surface area contributed by atoms with Crippen LogP contribution in [0.2, 0.25) is 0 Å². The van der Waals surface area contributed by atoms with Crippen molar-refractivity contribution in [3.05, 3.63) is 75.1 Å². The summed E-state index contributed by atoms with van der Waals surface area (Å²) in [7, 11) is 0. The molecular formula is C22H22N6O. The number of fused-ring (bicyclic) bond motifs is 2. The summed E-state index contributed by atoms with van der Waals surface area (Å²) in [6, 6.07) is 8.76. The van der Waals surface area contributed by atoms with Gasteiger partial charge in [0.05, 0.1) is 0 Å². The molecule has 0 spiro atoms. The molecule has 3 aromatic heterocycles. The molecule has 4 aromatic rings. The maximum atomic E-state index is 11.8. The van der Waals surface area contributed by atoms with Crippen LogP contribution in [0.15, 0.2) is 41.5 Å². The summed E-state index contributed by atoms with van der Waals surface area (Å²) in [6.45, 7) is 7.80. The minimum absolute atomic E-state index is 0.270. The molecule has 0 saturated heterocycles. The number of aromatic nitrogens is 5. The molecule has 29 heavy (non-hydrogen) atoms. The summed E-state index contributed by atoms with van der Waals surface area (Å²) in [5.41, 5.74) is 7.91. The summed E-state index contributed by atoms with van der Waals surface area (Å²) >= 11 is 0. The molecular weight excluding hydrogens is 364 g/mol. The quantitative estimate of drug-likeness (QED) is 0.573. The molecule has 1 aliphatic rings. The molecule has 0 atom stereocenters. The van der Waals surface area contributed by atoms with Crippen molar-refractivity contribution in [2.45, 2.75) is 33.7 Å². The molecule has 0 unspecified atom stereocenters. The van der Waals surface area contributed by atoms with Gasteiger partial charge in [-0.05, 0) is 43.5 Å². The SMILES string of the molecule is Cc1ccc(-c2cnc3c(c2)CN(c2nc4n[nH]c(=O)n4cc2C)CC3)c(C)c1. The van der Waals surface area contributed by atoms with Crippen LogP contribution in [0.4, 0.5) is 5.82 Å². The highest BCUT2D eigenvalue weighted by Gasteiger charge is 2.22. The van der Waals surface area contributed by atoms with E-state index in [2.05, 4.69) is 58.2 Å². The van der Waals surface area contributed by atoms with Crippen molar-refractivity contribution in [3.63, 3.8) is 0 Å². The average Bonchev–Trinajstić information content (AvgIpc) is 3.06. The van der Waals surface area contributed by atoms with Gasteiger partial charge in [0.1, 0.15) is 5.82 Å². The van der Waals surface area contributed by atoms with Crippen molar-refractivity contribution < 1.29 is 0 Å². The Morgan fingerprint density at radius 3 is 2.79 bits per heavy atom. The van der Waals surface area contributed by atoms with Gasteiger partial charge >= 0.3 is 5.69 Å². The number of H-pyrrole nitrogens is 1. The first-order valence-corrected chi connectivity index (χ1v) is 9.74. The molecule has 0 radical (unpaired) electrons. The fraction of sp³-hybridized carbons (Fsp3) is 0.273. The van der Waals surface area contributed by atoms with Crippen molar-refractivity contribution >= 4 is 11.6 Å². The van der Waals surface area contributed by atoms with E-state index in [1.165, 1.54) is 26.7 Å². The van der Waals surface area contributed by atoms with Crippen LogP contribution in [0.3, 0.4) is 0 Å². The summed E-state index contributed by atoms with van der Waals surface area (Å²) in [5, 5.41) is 6.46. The van der Waals surface area contributed by atoms with Crippen LogP contribution in [0.5, 0.6) is 0 Å². The zero-order valence-electron chi connectivity index (χ0n) is 16.7. The molecule has 0 amide bonds. The van der Waals surface area contributed by atoms with Gasteiger partial charge in [0.25, 0.3) is 5.78 Å². The Balaban J connectivity index is 1.52. The van der Waals surface area contributed by atoms with Crippen molar-refractivity contribution in [1.29, 1.82) is 0 Å². The molecule has 146 valence electrons. The van der Waals surface area contributed by atoms with E-state index in [9.17, 15) is 4.79 Å². The molecule has 4 heterocycles. The molecule has 1 aliphatic heterocycles. The Kier molecular flexibility index (Phi) is 3.97. The number of hydrogen-bond donors (Lipinski definition) is 1. The molecule has 1 aromatic carbocycles. The fourth-order valence-electron chi connectivity index (χ4n) is 4.14. The van der Waals surface area contributed by atoms with Gasteiger partial charge in [-0.1, -0.05) is 23.8 Å². The number of anilines is 1. The zero-order chi connectivity index (χ0) is 20.1. The predicted molar refractivity (Wildman–Crippen MR) is 112 cm³/mol. The average molecular weight is 386 g/mol. The van der Waals surface area contributed by atoms with Gasteiger partial charge < -0.3 is 4.90 Å². The van der Waals surface area contributed by atoms with Gasteiger partial charge in [0.2, 0.25) is 0 Å². The number of aromatic amines is 1. The number of aryl methyl sites for hydroxylation is 3. The van der Waals surface area contributed by atoms with E-state index in [1.54, 1.807) is 6.20 Å². The third-order valence-electron chi connectivity index (χ3n) is 5.60. The predicted octanol–water partition coefficient (Wildman–Crippen LogP) is 2.97. The highest BCUT2D eigenvalue weighted by atomic mass is 16.1. The van der Waals surface area contributed by atoms with E-state index >= 15 is 0 Å². The van der Waals surface area contributed by atoms with Crippen molar-refractivity contribution in [2.24, 2.45) is 0 Å². The number of nitrogens with one attached hydrogen (secondary N) is 1. The van der Waals surface area contributed by atoms with Crippen LogP contribution in [0, 0.1) is 20.8 Å². The van der Waals surface area contributed by atoms with Crippen LogP contribution in [-0.2, 0) is 13.0 Å². The Morgan fingerprint density at radius 1 is 1.10 bits per heavy atom. The minimum atomic E-state index is -0.270. The van der Waals surface area contributed by atoms with E-state index in [0.717, 1.165) is 42.1 Å². The maximum Gasteiger partial charge on any atom is 0.348 e. The summed E-state index contributed by atoms with van der Waals surface area (Å²) in [4.78, 5) is 23.4. The smallest absolute Gasteiger partial charge is 0.348 e. The first kappa shape index (κ1) is 17.6. The van der Waals surface area contributed by atoms with Gasteiger partial charge in [-0.25, -0.2) is 14.3 Å². The van der Waals surface area contributed by atoms with Crippen LogP contribution >= 0.6 is 0 Å². The molecule has 0 saturated carbocycles. The van der Waals surface area contributed by atoms with Crippen molar-refractivity contribution in [1.82, 2.24) is 24.6 Å². The van der Waals surface area contributed by atoms with Gasteiger partial charge in [0, 0.05) is 48.7 Å². The largest absolute Gasteiger partial charge is 0.351 e. The number of benzene rings is 1. The molecule has 1 N–H and O–H groups in total. The van der Waals surface area contributed by atoms with E-state index < -0.39 is 0 Å². The van der Waals surface area contributed by atoms with Crippen LogP contribution < -0.4 is 10.6 Å². The summed E-state index contributed by atoms with van der Waals surface area (Å²) in [6.07, 6.45) is 4.64. The van der Waals surface area contributed by atoms with E-state index in [4.69, 9.17) is 4.98 Å². The number of hydrogen-bond acceptors (Lipinski definition) is 5. The Morgan fingerprint density at radius 2 is 1.97 bits per heavy atom. The fourth-order valence-corrected chi connectivity index (χ4v) is 4.14. The van der Waals surface area contributed by atoms with Crippen molar-refractivity contribution in [3.8, 4) is 11.1 Å². The third kappa shape index (κ3) is 2.99. The third-order valence-corrected chi connectivity index (χ3v) is 5.60. The molecule has 0 aliphatic carbocycles. The molecule has 7 heteroatoms. The van der Waals surface area contributed by atoms with Crippen molar-refractivity contribution in [2.75, 3.05) is 11.4 Å². The highest BCUT2D eigenvalue weighted by Crippen LogP contribution is 2.29. The van der Waals surface area contributed by atoms with Gasteiger partial charge in [-0.15, -0.1) is 5.10 Å². The second kappa shape index (κ2) is 6.55. The number of nitrogens with zero attached hydrogens (tertiary/aromatic N) is 5. The lowest BCUT2D eigenvalue weighted by atomic mass is 9.96. The first-order chi connectivity index (χ1) is 14.0. The number of rotatable bonds is 2. The Hall–Kier alpha value is -3.48. The first-order valence-electron chi connectivity index (χ1n) is 9.74. The second-order valence-corrected chi connectivity index (χ2v) is 7.77. The normalized spacial score (nSPS) is 13.7. The van der Waals surface area contributed by atoms with Gasteiger partial charge in [-0.2, -0.15) is 4.98 Å². The van der Waals surface area contributed by atoms with E-state index in [1.807, 2.05) is 13.1 Å². The molecule has 7 nitrogen and oxygen atoms in total. The second-order valence-electron chi connectivity index (χ2n) is 7.77. The lowest BCUT2D eigenvalue weighted by molar-refractivity contribution is 0.700. The topological polar surface area (TPSA) is 79.2 Å². The van der Waals surface area contributed by atoms with Crippen LogP contribution in [-0.4, -0.2) is 31.1 Å². The standard InChI is InChI=1S/C22H22N6O/c1-13-4-5-18(14(2)8-13)16-9-17-12-27(7-6-19(17)23-10-16)20-15(3)11-28-21(24-20)25-26-22(28)29/h4-5,8-11H,6-7,12H2,1-3H3,(H,26,29). The highest BCUT2D eigenvalue weighted by molar-refractivity contribution is 5.68. The van der Waals surface area contributed by atoms with Gasteiger partial charge in [0.15, 0.2) is 0 Å². The summed E-state index contributed by atoms with van der Waals surface area (Å²) in [5.74, 6) is 1.25. The number of pyridine rings is 1. The minimum Gasteiger partial charge on any atom is -0.351 e. The lowest BCUT2D eigenvalue weighted by Gasteiger charge is -2.30.